The van der Waals surface area contributed by atoms with E-state index >= 15 is 0 Å². The smallest absolute Gasteiger partial charge is 0.0442 e. The molecule has 0 aromatic carbocycles. The summed E-state index contributed by atoms with van der Waals surface area (Å²) >= 11 is 0. The third-order valence-electron chi connectivity index (χ3n) is 3.08. The van der Waals surface area contributed by atoms with Gasteiger partial charge in [0.05, 0.1) is 0 Å². The van der Waals surface area contributed by atoms with Crippen LogP contribution in [0.1, 0.15) is 46.1 Å². The molecule has 0 fully saturated rings. The van der Waals surface area contributed by atoms with Crippen molar-refractivity contribution >= 4 is 5.69 Å². The van der Waals surface area contributed by atoms with E-state index in [-0.39, 0.29) is 0 Å². The number of nitrogens with zero attached hydrogens (tertiary/aromatic N) is 2. The zero-order valence-corrected chi connectivity index (χ0v) is 12.2. The van der Waals surface area contributed by atoms with E-state index in [4.69, 9.17) is 0 Å². The van der Waals surface area contributed by atoms with Crippen LogP contribution in [0.2, 0.25) is 0 Å². The first-order chi connectivity index (χ1) is 8.69. The normalized spacial score (nSPS) is 10.9. The third kappa shape index (κ3) is 4.65. The minimum atomic E-state index is 0.503. The molecule has 0 spiro atoms. The van der Waals surface area contributed by atoms with Gasteiger partial charge in [-0.25, -0.2) is 0 Å². The monoisotopic (exact) mass is 249 g/mol. The molecule has 102 valence electrons. The van der Waals surface area contributed by atoms with E-state index in [1.807, 2.05) is 12.4 Å². The molecule has 1 aromatic rings. The van der Waals surface area contributed by atoms with E-state index in [0.717, 1.165) is 19.6 Å². The van der Waals surface area contributed by atoms with E-state index in [1.54, 1.807) is 0 Å². The highest BCUT2D eigenvalue weighted by atomic mass is 15.1. The summed E-state index contributed by atoms with van der Waals surface area (Å²) in [6, 6.07) is 2.64. The Morgan fingerprint density at radius 2 is 2.11 bits per heavy atom. The molecule has 3 nitrogen and oxygen atoms in total. The van der Waals surface area contributed by atoms with Crippen molar-refractivity contribution in [3.05, 3.63) is 24.0 Å². The van der Waals surface area contributed by atoms with Gasteiger partial charge in [-0.15, -0.1) is 0 Å². The van der Waals surface area contributed by atoms with Crippen molar-refractivity contribution < 1.29 is 0 Å². The van der Waals surface area contributed by atoms with Crippen molar-refractivity contribution in [3.63, 3.8) is 0 Å². The van der Waals surface area contributed by atoms with Crippen LogP contribution in [0.15, 0.2) is 18.5 Å². The number of hydrogen-bond acceptors (Lipinski definition) is 3. The molecule has 0 aliphatic rings. The molecule has 1 rings (SSSR count). The summed E-state index contributed by atoms with van der Waals surface area (Å²) in [6.07, 6.45) is 6.36. The average molecular weight is 249 g/mol. The topological polar surface area (TPSA) is 28.2 Å². The molecular formula is C15H27N3. The highest BCUT2D eigenvalue weighted by Gasteiger charge is 2.09. The van der Waals surface area contributed by atoms with Gasteiger partial charge in [-0.3, -0.25) is 4.98 Å². The second kappa shape index (κ2) is 8.09. The molecule has 0 aliphatic carbocycles. The van der Waals surface area contributed by atoms with E-state index in [0.29, 0.717) is 6.04 Å². The fraction of sp³-hybridized carbons (Fsp3) is 0.667. The Labute approximate surface area is 112 Å². The Morgan fingerprint density at radius 1 is 1.33 bits per heavy atom. The predicted octanol–water partition coefficient (Wildman–Crippen LogP) is 3.21. The molecular weight excluding hydrogens is 222 g/mol. The Hall–Kier alpha value is -1.09. The Kier molecular flexibility index (Phi) is 6.73. The number of unbranched alkanes of at least 4 members (excludes halogenated alkanes) is 1. The Morgan fingerprint density at radius 3 is 2.72 bits per heavy atom. The summed E-state index contributed by atoms with van der Waals surface area (Å²) in [6.45, 7) is 11.9. The number of hydrogen-bond donors (Lipinski definition) is 1. The highest BCUT2D eigenvalue weighted by molar-refractivity contribution is 5.52. The molecule has 0 saturated carbocycles. The lowest BCUT2D eigenvalue weighted by atomic mass is 10.2. The lowest BCUT2D eigenvalue weighted by Gasteiger charge is -2.25. The first-order valence-electron chi connectivity index (χ1n) is 7.10. The first kappa shape index (κ1) is 15.0. The number of anilines is 1. The van der Waals surface area contributed by atoms with Crippen LogP contribution in [0.25, 0.3) is 0 Å². The molecule has 0 atom stereocenters. The standard InChI is InChI=1S/C15H27N3/c1-5-7-10-18(6-2)15-8-9-16-11-14(15)12-17-13(3)4/h8-9,11,13,17H,5-7,10,12H2,1-4H3. The van der Waals surface area contributed by atoms with Gasteiger partial charge in [-0.05, 0) is 19.4 Å². The molecule has 0 bridgehead atoms. The summed E-state index contributed by atoms with van der Waals surface area (Å²) in [5.41, 5.74) is 2.62. The quantitative estimate of drug-likeness (QED) is 0.767. The number of nitrogens with one attached hydrogen (secondary N) is 1. The van der Waals surface area contributed by atoms with Gasteiger partial charge in [0.2, 0.25) is 0 Å². The van der Waals surface area contributed by atoms with E-state index in [2.05, 4.69) is 49.0 Å². The van der Waals surface area contributed by atoms with Crippen LogP contribution in [0, 0.1) is 0 Å². The maximum Gasteiger partial charge on any atom is 0.0442 e. The van der Waals surface area contributed by atoms with Crippen LogP contribution in [0.4, 0.5) is 5.69 Å². The molecule has 0 saturated heterocycles. The van der Waals surface area contributed by atoms with Gasteiger partial charge in [0.1, 0.15) is 0 Å². The molecule has 18 heavy (non-hydrogen) atoms. The highest BCUT2D eigenvalue weighted by Crippen LogP contribution is 2.19. The van der Waals surface area contributed by atoms with Crippen LogP contribution >= 0.6 is 0 Å². The van der Waals surface area contributed by atoms with Gasteiger partial charge in [0.25, 0.3) is 0 Å². The van der Waals surface area contributed by atoms with E-state index < -0.39 is 0 Å². The fourth-order valence-corrected chi connectivity index (χ4v) is 1.98. The van der Waals surface area contributed by atoms with Gasteiger partial charge in [0.15, 0.2) is 0 Å². The molecule has 3 heteroatoms. The van der Waals surface area contributed by atoms with E-state index in [1.165, 1.54) is 24.1 Å². The van der Waals surface area contributed by atoms with E-state index in [9.17, 15) is 0 Å². The minimum Gasteiger partial charge on any atom is -0.371 e. The van der Waals surface area contributed by atoms with Crippen LogP contribution in [-0.2, 0) is 6.54 Å². The summed E-state index contributed by atoms with van der Waals surface area (Å²) in [5, 5.41) is 3.47. The van der Waals surface area contributed by atoms with Crippen molar-refractivity contribution in [2.24, 2.45) is 0 Å². The lowest BCUT2D eigenvalue weighted by molar-refractivity contribution is 0.586. The Balaban J connectivity index is 2.78. The van der Waals surface area contributed by atoms with Gasteiger partial charge >= 0.3 is 0 Å². The molecule has 1 aromatic heterocycles. The SMILES string of the molecule is CCCCN(CC)c1ccncc1CNC(C)C. The maximum absolute atomic E-state index is 4.25. The molecule has 1 N–H and O–H groups in total. The summed E-state index contributed by atoms with van der Waals surface area (Å²) in [4.78, 5) is 6.70. The summed E-state index contributed by atoms with van der Waals surface area (Å²) in [7, 11) is 0. The molecule has 0 unspecified atom stereocenters. The molecule has 0 aliphatic heterocycles. The molecule has 0 amide bonds. The second-order valence-electron chi connectivity index (χ2n) is 4.97. The van der Waals surface area contributed by atoms with Crippen LogP contribution in [0.5, 0.6) is 0 Å². The Bertz CT molecular complexity index is 336. The summed E-state index contributed by atoms with van der Waals surface area (Å²) < 4.78 is 0. The van der Waals surface area contributed by atoms with Crippen LogP contribution in [-0.4, -0.2) is 24.1 Å². The van der Waals surface area contributed by atoms with Gasteiger partial charge in [0, 0.05) is 49.3 Å². The predicted molar refractivity (Wildman–Crippen MR) is 79.0 cm³/mol. The van der Waals surface area contributed by atoms with Crippen LogP contribution < -0.4 is 10.2 Å². The zero-order valence-electron chi connectivity index (χ0n) is 12.2. The maximum atomic E-state index is 4.25. The van der Waals surface area contributed by atoms with Crippen LogP contribution in [0.3, 0.4) is 0 Å². The van der Waals surface area contributed by atoms with Gasteiger partial charge in [-0.1, -0.05) is 27.2 Å². The van der Waals surface area contributed by atoms with Crippen molar-refractivity contribution in [1.82, 2.24) is 10.3 Å². The minimum absolute atomic E-state index is 0.503. The summed E-state index contributed by atoms with van der Waals surface area (Å²) in [5.74, 6) is 0. The third-order valence-corrected chi connectivity index (χ3v) is 3.08. The largest absolute Gasteiger partial charge is 0.371 e. The van der Waals surface area contributed by atoms with Crippen molar-refractivity contribution in [3.8, 4) is 0 Å². The molecule has 1 heterocycles. The second-order valence-corrected chi connectivity index (χ2v) is 4.97. The van der Waals surface area contributed by atoms with Crippen molar-refractivity contribution in [1.29, 1.82) is 0 Å². The van der Waals surface area contributed by atoms with Crippen molar-refractivity contribution in [2.75, 3.05) is 18.0 Å². The van der Waals surface area contributed by atoms with Gasteiger partial charge < -0.3 is 10.2 Å². The number of aromatic nitrogens is 1. The first-order valence-corrected chi connectivity index (χ1v) is 7.10. The number of pyridine rings is 1. The fourth-order valence-electron chi connectivity index (χ4n) is 1.98. The number of rotatable bonds is 8. The average Bonchev–Trinajstić information content (AvgIpc) is 2.38. The van der Waals surface area contributed by atoms with Gasteiger partial charge in [-0.2, -0.15) is 0 Å². The molecule has 0 radical (unpaired) electrons. The zero-order chi connectivity index (χ0) is 13.4. The van der Waals surface area contributed by atoms with Crippen molar-refractivity contribution in [2.45, 2.75) is 53.1 Å². The lowest BCUT2D eigenvalue weighted by Crippen LogP contribution is -2.28.